The van der Waals surface area contributed by atoms with Gasteiger partial charge in [0, 0.05) is 32.7 Å². The Morgan fingerprint density at radius 2 is 1.79 bits per heavy atom. The number of fused-ring (bicyclic) bond motifs is 2. The molecule has 0 bridgehead atoms. The van der Waals surface area contributed by atoms with Crippen molar-refractivity contribution in [2.45, 2.75) is 19.6 Å². The van der Waals surface area contributed by atoms with E-state index in [0.29, 0.717) is 55.6 Å². The first-order valence-electron chi connectivity index (χ1n) is 12.2. The van der Waals surface area contributed by atoms with Crippen LogP contribution in [-0.4, -0.2) is 55.0 Å². The van der Waals surface area contributed by atoms with E-state index < -0.39 is 11.7 Å². The topological polar surface area (TPSA) is 66.4 Å². The molecular weight excluding hydrogens is 497 g/mol. The zero-order valence-corrected chi connectivity index (χ0v) is 21.0. The van der Waals surface area contributed by atoms with E-state index in [9.17, 15) is 18.0 Å². The van der Waals surface area contributed by atoms with E-state index in [2.05, 4.69) is 10.3 Å². The van der Waals surface area contributed by atoms with Gasteiger partial charge in [-0.3, -0.25) is 0 Å². The predicted octanol–water partition coefficient (Wildman–Crippen LogP) is 5.73. The van der Waals surface area contributed by atoms with Gasteiger partial charge in [-0.05, 0) is 48.9 Å². The number of urea groups is 1. The van der Waals surface area contributed by atoms with E-state index in [1.165, 1.54) is 13.2 Å². The van der Waals surface area contributed by atoms with Crippen LogP contribution in [0.5, 0.6) is 17.2 Å². The number of rotatable bonds is 3. The SMILES string of the molecule is COc1ccc2c(c1)C(N1CCN(C(=O)NCc3cccc(C)c3)CC1)=Nc1cc(C(F)(F)F)ccc1O2. The lowest BCUT2D eigenvalue weighted by Gasteiger charge is -2.36. The lowest BCUT2D eigenvalue weighted by Crippen LogP contribution is -2.53. The number of aliphatic imine (C=N–C) groups is 1. The summed E-state index contributed by atoms with van der Waals surface area (Å²) >= 11 is 0. The normalized spacial score (nSPS) is 15.0. The summed E-state index contributed by atoms with van der Waals surface area (Å²) in [5.74, 6) is 1.72. The molecule has 3 aromatic rings. The number of nitrogens with zero attached hydrogens (tertiary/aromatic N) is 3. The number of halogens is 3. The fraction of sp³-hybridized carbons (Fsp3) is 0.286. The van der Waals surface area contributed by atoms with Crippen LogP contribution in [0.2, 0.25) is 0 Å². The number of amides is 2. The third-order valence-electron chi connectivity index (χ3n) is 6.55. The number of amidine groups is 1. The molecule has 38 heavy (non-hydrogen) atoms. The van der Waals surface area contributed by atoms with Crippen molar-refractivity contribution in [1.29, 1.82) is 0 Å². The molecule has 2 amide bonds. The van der Waals surface area contributed by atoms with Gasteiger partial charge >= 0.3 is 12.2 Å². The Hall–Kier alpha value is -4.21. The highest BCUT2D eigenvalue weighted by molar-refractivity contribution is 6.04. The van der Waals surface area contributed by atoms with Crippen molar-refractivity contribution in [2.75, 3.05) is 33.3 Å². The number of hydrogen-bond donors (Lipinski definition) is 1. The monoisotopic (exact) mass is 524 g/mol. The first-order chi connectivity index (χ1) is 18.2. The van der Waals surface area contributed by atoms with Gasteiger partial charge in [0.25, 0.3) is 0 Å². The molecule has 1 N–H and O–H groups in total. The Labute approximate surface area is 218 Å². The van der Waals surface area contributed by atoms with Crippen LogP contribution in [0.3, 0.4) is 0 Å². The predicted molar refractivity (Wildman–Crippen MR) is 137 cm³/mol. The summed E-state index contributed by atoms with van der Waals surface area (Å²) in [4.78, 5) is 21.1. The van der Waals surface area contributed by atoms with Crippen molar-refractivity contribution in [3.05, 3.63) is 82.9 Å². The van der Waals surface area contributed by atoms with E-state index in [4.69, 9.17) is 9.47 Å². The van der Waals surface area contributed by atoms with Gasteiger partial charge in [0.15, 0.2) is 5.75 Å². The van der Waals surface area contributed by atoms with Gasteiger partial charge in [0.1, 0.15) is 23.0 Å². The molecule has 0 aliphatic carbocycles. The van der Waals surface area contributed by atoms with Gasteiger partial charge in [0.05, 0.1) is 18.2 Å². The average molecular weight is 525 g/mol. The van der Waals surface area contributed by atoms with Gasteiger partial charge in [-0.2, -0.15) is 13.2 Å². The number of methoxy groups -OCH3 is 1. The van der Waals surface area contributed by atoms with Gasteiger partial charge in [0.2, 0.25) is 0 Å². The van der Waals surface area contributed by atoms with Crippen molar-refractivity contribution < 1.29 is 27.4 Å². The molecule has 1 saturated heterocycles. The molecule has 2 aliphatic rings. The van der Waals surface area contributed by atoms with E-state index in [0.717, 1.165) is 23.3 Å². The summed E-state index contributed by atoms with van der Waals surface area (Å²) in [6.07, 6.45) is -4.51. The van der Waals surface area contributed by atoms with Crippen LogP contribution in [0.25, 0.3) is 0 Å². The third kappa shape index (κ3) is 5.39. The second-order valence-electron chi connectivity index (χ2n) is 9.20. The summed E-state index contributed by atoms with van der Waals surface area (Å²) in [5.41, 5.74) is 2.03. The maximum absolute atomic E-state index is 13.4. The molecule has 0 aromatic heterocycles. The van der Waals surface area contributed by atoms with Gasteiger partial charge < -0.3 is 24.6 Å². The first-order valence-corrected chi connectivity index (χ1v) is 12.2. The number of nitrogens with one attached hydrogen (secondary N) is 1. The van der Waals surface area contributed by atoms with Crippen molar-refractivity contribution in [1.82, 2.24) is 15.1 Å². The van der Waals surface area contributed by atoms with Crippen molar-refractivity contribution in [3.63, 3.8) is 0 Å². The Balaban J connectivity index is 1.37. The number of benzene rings is 3. The second kappa shape index (κ2) is 10.3. The number of hydrogen-bond acceptors (Lipinski definition) is 5. The highest BCUT2D eigenvalue weighted by Crippen LogP contribution is 2.42. The zero-order chi connectivity index (χ0) is 26.9. The number of ether oxygens (including phenoxy) is 2. The van der Waals surface area contributed by atoms with E-state index in [1.54, 1.807) is 23.1 Å². The van der Waals surface area contributed by atoms with E-state index in [1.807, 2.05) is 36.1 Å². The molecular formula is C28H27F3N4O3. The maximum atomic E-state index is 13.4. The molecule has 5 rings (SSSR count). The van der Waals surface area contributed by atoms with Crippen molar-refractivity contribution >= 4 is 17.6 Å². The number of aryl methyl sites for hydroxylation is 1. The van der Waals surface area contributed by atoms with Crippen LogP contribution in [0.4, 0.5) is 23.7 Å². The molecule has 10 heteroatoms. The van der Waals surface area contributed by atoms with Gasteiger partial charge in [-0.25, -0.2) is 9.79 Å². The minimum Gasteiger partial charge on any atom is -0.497 e. The summed E-state index contributed by atoms with van der Waals surface area (Å²) in [7, 11) is 1.54. The highest BCUT2D eigenvalue weighted by atomic mass is 19.4. The lowest BCUT2D eigenvalue weighted by atomic mass is 10.1. The minimum atomic E-state index is -4.51. The molecule has 3 aromatic carbocycles. The second-order valence-corrected chi connectivity index (χ2v) is 9.20. The molecule has 2 heterocycles. The van der Waals surface area contributed by atoms with Crippen molar-refractivity contribution in [3.8, 4) is 17.2 Å². The largest absolute Gasteiger partial charge is 0.497 e. The van der Waals surface area contributed by atoms with Crippen LogP contribution in [0.1, 0.15) is 22.3 Å². The van der Waals surface area contributed by atoms with Crippen LogP contribution < -0.4 is 14.8 Å². The molecule has 0 radical (unpaired) electrons. The number of carbonyl (C=O) groups excluding carboxylic acids is 1. The number of piperazine rings is 1. The fourth-order valence-corrected chi connectivity index (χ4v) is 4.53. The van der Waals surface area contributed by atoms with E-state index >= 15 is 0 Å². The quantitative estimate of drug-likeness (QED) is 0.475. The van der Waals surface area contributed by atoms with Gasteiger partial charge in [-0.15, -0.1) is 0 Å². The third-order valence-corrected chi connectivity index (χ3v) is 6.55. The molecule has 0 atom stereocenters. The molecule has 1 fully saturated rings. The fourth-order valence-electron chi connectivity index (χ4n) is 4.53. The smallest absolute Gasteiger partial charge is 0.416 e. The first kappa shape index (κ1) is 25.4. The highest BCUT2D eigenvalue weighted by Gasteiger charge is 2.33. The van der Waals surface area contributed by atoms with E-state index in [-0.39, 0.29) is 17.5 Å². The summed E-state index contributed by atoms with van der Waals surface area (Å²) < 4.78 is 51.6. The van der Waals surface area contributed by atoms with Crippen molar-refractivity contribution in [2.24, 2.45) is 4.99 Å². The molecule has 0 spiro atoms. The maximum Gasteiger partial charge on any atom is 0.416 e. The minimum absolute atomic E-state index is 0.0864. The molecule has 2 aliphatic heterocycles. The Morgan fingerprint density at radius 1 is 1.03 bits per heavy atom. The Bertz CT molecular complexity index is 1380. The summed E-state index contributed by atoms with van der Waals surface area (Å²) in [6, 6.07) is 16.2. The molecule has 198 valence electrons. The van der Waals surface area contributed by atoms with Crippen LogP contribution in [-0.2, 0) is 12.7 Å². The average Bonchev–Trinajstić information content (AvgIpc) is 3.07. The summed E-state index contributed by atoms with van der Waals surface area (Å²) in [6.45, 7) is 4.17. The van der Waals surface area contributed by atoms with Gasteiger partial charge in [-0.1, -0.05) is 29.8 Å². The lowest BCUT2D eigenvalue weighted by molar-refractivity contribution is -0.137. The zero-order valence-electron chi connectivity index (χ0n) is 21.0. The standard InChI is InChI=1S/C28H27F3N4O3/c1-18-4-3-5-19(14-18)17-32-27(36)35-12-10-34(11-13-35)26-22-16-21(37-2)7-9-24(22)38-25-8-6-20(28(29,30)31)15-23(25)33-26/h3-9,14-16H,10-13,17H2,1-2H3,(H,32,36). The molecule has 0 saturated carbocycles. The Morgan fingerprint density at radius 3 is 2.50 bits per heavy atom. The number of carbonyl (C=O) groups is 1. The van der Waals surface area contributed by atoms with Crippen LogP contribution in [0.15, 0.2) is 65.7 Å². The molecule has 0 unspecified atom stereocenters. The van der Waals surface area contributed by atoms with Crippen LogP contribution in [0, 0.1) is 6.92 Å². The molecule has 7 nitrogen and oxygen atoms in total. The number of alkyl halides is 3. The Kier molecular flexibility index (Phi) is 6.88. The summed E-state index contributed by atoms with van der Waals surface area (Å²) in [5, 5.41) is 2.96. The van der Waals surface area contributed by atoms with Crippen LogP contribution >= 0.6 is 0 Å².